The van der Waals surface area contributed by atoms with E-state index in [1.807, 2.05) is 0 Å². The first-order chi connectivity index (χ1) is 6.74. The van der Waals surface area contributed by atoms with Gasteiger partial charge in [-0.1, -0.05) is 0 Å². The summed E-state index contributed by atoms with van der Waals surface area (Å²) in [5, 5.41) is 3.53. The van der Waals surface area contributed by atoms with Crippen LogP contribution in [0, 0.1) is 0 Å². The number of likely N-dealkylation sites (N-methyl/N-ethyl adjacent to an activating group) is 1. The third kappa shape index (κ3) is 2.60. The quantitative estimate of drug-likeness (QED) is 0.703. The molecule has 2 rings (SSSR count). The summed E-state index contributed by atoms with van der Waals surface area (Å²) >= 11 is 5.89. The van der Waals surface area contributed by atoms with Crippen molar-refractivity contribution in [1.29, 1.82) is 0 Å². The summed E-state index contributed by atoms with van der Waals surface area (Å²) < 4.78 is 5.67. The van der Waals surface area contributed by atoms with Gasteiger partial charge in [0, 0.05) is 31.1 Å². The van der Waals surface area contributed by atoms with Crippen molar-refractivity contribution in [2.75, 3.05) is 39.2 Å². The molecule has 82 valence electrons. The van der Waals surface area contributed by atoms with E-state index in [-0.39, 0.29) is 5.54 Å². The number of ether oxygens (including phenoxy) is 1. The molecule has 3 nitrogen and oxygen atoms in total. The molecule has 0 radical (unpaired) electrons. The topological polar surface area (TPSA) is 24.5 Å². The third-order valence-electron chi connectivity index (χ3n) is 3.16. The lowest BCUT2D eigenvalue weighted by Crippen LogP contribution is -2.47. The molecule has 1 aliphatic carbocycles. The Hall–Kier alpha value is 0.170. The van der Waals surface area contributed by atoms with Gasteiger partial charge in [0.2, 0.25) is 0 Å². The number of halogens is 1. The summed E-state index contributed by atoms with van der Waals surface area (Å²) in [7, 11) is 2.14. The maximum atomic E-state index is 5.89. The third-order valence-corrected chi connectivity index (χ3v) is 3.67. The number of nitrogens with zero attached hydrogens (tertiary/aromatic N) is 1. The minimum absolute atomic E-state index is 0.251. The average molecular weight is 219 g/mol. The predicted molar refractivity (Wildman–Crippen MR) is 57.9 cm³/mol. The van der Waals surface area contributed by atoms with Crippen LogP contribution in [0.4, 0.5) is 0 Å². The van der Waals surface area contributed by atoms with Gasteiger partial charge in [-0.2, -0.15) is 0 Å². The number of hydrogen-bond donors (Lipinski definition) is 1. The van der Waals surface area contributed by atoms with Gasteiger partial charge in [0.15, 0.2) is 0 Å². The van der Waals surface area contributed by atoms with Crippen molar-refractivity contribution in [1.82, 2.24) is 10.2 Å². The molecule has 1 saturated carbocycles. The summed E-state index contributed by atoms with van der Waals surface area (Å²) in [6.45, 7) is 3.89. The van der Waals surface area contributed by atoms with Gasteiger partial charge in [-0.15, -0.1) is 11.6 Å². The van der Waals surface area contributed by atoms with E-state index < -0.39 is 0 Å². The van der Waals surface area contributed by atoms with Gasteiger partial charge in [-0.05, 0) is 19.9 Å². The van der Waals surface area contributed by atoms with Crippen LogP contribution < -0.4 is 5.32 Å². The molecule has 1 saturated heterocycles. The second kappa shape index (κ2) is 4.35. The van der Waals surface area contributed by atoms with Crippen LogP contribution in [0.15, 0.2) is 0 Å². The molecule has 2 aliphatic rings. The standard InChI is InChI=1S/C10H19ClN2O/c1-13-4-5-14-9(7-13)6-12-10(8-11)2-3-10/h9,12H,2-8H2,1H3. The van der Waals surface area contributed by atoms with Gasteiger partial charge in [-0.3, -0.25) is 0 Å². The number of rotatable bonds is 4. The Morgan fingerprint density at radius 3 is 2.93 bits per heavy atom. The largest absolute Gasteiger partial charge is 0.374 e. The molecule has 0 aromatic carbocycles. The fraction of sp³-hybridized carbons (Fsp3) is 1.00. The van der Waals surface area contributed by atoms with E-state index in [9.17, 15) is 0 Å². The van der Waals surface area contributed by atoms with Crippen LogP contribution in [-0.2, 0) is 4.74 Å². The van der Waals surface area contributed by atoms with E-state index >= 15 is 0 Å². The van der Waals surface area contributed by atoms with Crippen LogP contribution >= 0.6 is 11.6 Å². The number of hydrogen-bond acceptors (Lipinski definition) is 3. The first-order valence-corrected chi connectivity index (χ1v) is 5.89. The minimum Gasteiger partial charge on any atom is -0.374 e. The number of nitrogens with one attached hydrogen (secondary N) is 1. The van der Waals surface area contributed by atoms with E-state index in [4.69, 9.17) is 16.3 Å². The Morgan fingerprint density at radius 2 is 2.36 bits per heavy atom. The number of alkyl halides is 1. The summed E-state index contributed by atoms with van der Waals surface area (Å²) in [5.74, 6) is 0.732. The normalized spacial score (nSPS) is 31.7. The molecule has 1 unspecified atom stereocenters. The Bertz CT molecular complexity index is 197. The molecule has 1 N–H and O–H groups in total. The molecule has 0 aromatic rings. The first kappa shape index (κ1) is 10.7. The van der Waals surface area contributed by atoms with E-state index in [0.29, 0.717) is 6.10 Å². The highest BCUT2D eigenvalue weighted by Gasteiger charge is 2.41. The van der Waals surface area contributed by atoms with E-state index in [2.05, 4.69) is 17.3 Å². The van der Waals surface area contributed by atoms with E-state index in [1.54, 1.807) is 0 Å². The molecule has 2 fully saturated rings. The molecule has 1 atom stereocenters. The average Bonchev–Trinajstić information content (AvgIpc) is 2.96. The Balaban J connectivity index is 1.69. The van der Waals surface area contributed by atoms with Crippen molar-refractivity contribution in [3.8, 4) is 0 Å². The Labute approximate surface area is 90.7 Å². The second-order valence-corrected chi connectivity index (χ2v) is 4.82. The van der Waals surface area contributed by atoms with E-state index in [1.165, 1.54) is 12.8 Å². The van der Waals surface area contributed by atoms with Gasteiger partial charge in [-0.25, -0.2) is 0 Å². The molecule has 0 bridgehead atoms. The van der Waals surface area contributed by atoms with Gasteiger partial charge in [0.05, 0.1) is 12.7 Å². The fourth-order valence-electron chi connectivity index (χ4n) is 1.83. The van der Waals surface area contributed by atoms with E-state index in [0.717, 1.165) is 32.1 Å². The molecule has 1 heterocycles. The van der Waals surface area contributed by atoms with Crippen molar-refractivity contribution in [2.24, 2.45) is 0 Å². The lowest BCUT2D eigenvalue weighted by Gasteiger charge is -2.31. The number of morpholine rings is 1. The molecular formula is C10H19ClN2O. The van der Waals surface area contributed by atoms with Crippen LogP contribution in [0.25, 0.3) is 0 Å². The molecular weight excluding hydrogens is 200 g/mol. The van der Waals surface area contributed by atoms with Gasteiger partial charge >= 0.3 is 0 Å². The van der Waals surface area contributed by atoms with Crippen molar-refractivity contribution >= 4 is 11.6 Å². The van der Waals surface area contributed by atoms with Crippen molar-refractivity contribution in [3.05, 3.63) is 0 Å². The molecule has 0 amide bonds. The second-order valence-electron chi connectivity index (χ2n) is 4.55. The molecule has 1 aliphatic heterocycles. The van der Waals surface area contributed by atoms with Crippen LogP contribution in [0.3, 0.4) is 0 Å². The van der Waals surface area contributed by atoms with Gasteiger partial charge in [0.1, 0.15) is 0 Å². The first-order valence-electron chi connectivity index (χ1n) is 5.35. The zero-order chi connectivity index (χ0) is 10.0. The Morgan fingerprint density at radius 1 is 1.57 bits per heavy atom. The molecule has 0 aromatic heterocycles. The van der Waals surface area contributed by atoms with Gasteiger partial charge in [0.25, 0.3) is 0 Å². The highest BCUT2D eigenvalue weighted by Crippen LogP contribution is 2.36. The fourth-order valence-corrected chi connectivity index (χ4v) is 2.19. The smallest absolute Gasteiger partial charge is 0.0826 e. The maximum absolute atomic E-state index is 5.89. The van der Waals surface area contributed by atoms with Crippen molar-refractivity contribution < 1.29 is 4.74 Å². The summed E-state index contributed by atoms with van der Waals surface area (Å²) in [5.41, 5.74) is 0.251. The lowest BCUT2D eigenvalue weighted by atomic mass is 10.2. The SMILES string of the molecule is CN1CCOC(CNC2(CCl)CC2)C1. The molecule has 0 spiro atoms. The van der Waals surface area contributed by atoms with Crippen molar-refractivity contribution in [2.45, 2.75) is 24.5 Å². The zero-order valence-corrected chi connectivity index (χ0v) is 9.52. The van der Waals surface area contributed by atoms with Crippen LogP contribution in [-0.4, -0.2) is 55.7 Å². The van der Waals surface area contributed by atoms with Crippen LogP contribution in [0.1, 0.15) is 12.8 Å². The van der Waals surface area contributed by atoms with Crippen LogP contribution in [0.5, 0.6) is 0 Å². The lowest BCUT2D eigenvalue weighted by molar-refractivity contribution is -0.0194. The zero-order valence-electron chi connectivity index (χ0n) is 8.76. The maximum Gasteiger partial charge on any atom is 0.0826 e. The van der Waals surface area contributed by atoms with Crippen LogP contribution in [0.2, 0.25) is 0 Å². The van der Waals surface area contributed by atoms with Crippen molar-refractivity contribution in [3.63, 3.8) is 0 Å². The summed E-state index contributed by atoms with van der Waals surface area (Å²) in [6.07, 6.45) is 2.78. The summed E-state index contributed by atoms with van der Waals surface area (Å²) in [6, 6.07) is 0. The highest BCUT2D eigenvalue weighted by molar-refractivity contribution is 6.18. The summed E-state index contributed by atoms with van der Waals surface area (Å²) in [4.78, 5) is 2.32. The predicted octanol–water partition coefficient (Wildman–Crippen LogP) is 0.678. The highest BCUT2D eigenvalue weighted by atomic mass is 35.5. The molecule has 4 heteroatoms. The Kier molecular flexibility index (Phi) is 3.32. The minimum atomic E-state index is 0.251. The molecule has 14 heavy (non-hydrogen) atoms. The monoisotopic (exact) mass is 218 g/mol. The van der Waals surface area contributed by atoms with Gasteiger partial charge < -0.3 is 15.0 Å².